The number of carbonyl (C=O) groups excluding carboxylic acids is 5. The second-order valence-corrected chi connectivity index (χ2v) is 13.2. The first-order valence-electron chi connectivity index (χ1n) is 18.0. The lowest BCUT2D eigenvalue weighted by Crippen LogP contribution is -2.31. The van der Waals surface area contributed by atoms with Gasteiger partial charge in [0.25, 0.3) is 11.8 Å². The van der Waals surface area contributed by atoms with Gasteiger partial charge in [0.05, 0.1) is 19.6 Å². The quantitative estimate of drug-likeness (QED) is 0.0326. The highest BCUT2D eigenvalue weighted by Gasteiger charge is 2.28. The van der Waals surface area contributed by atoms with E-state index >= 15 is 0 Å². The highest BCUT2D eigenvalue weighted by molar-refractivity contribution is 6.11. The van der Waals surface area contributed by atoms with Gasteiger partial charge in [0.2, 0.25) is 6.29 Å². The summed E-state index contributed by atoms with van der Waals surface area (Å²) in [7, 11) is 1.44. The Morgan fingerprint density at radius 3 is 2.30 bits per heavy atom. The number of hydrogen-bond donors (Lipinski definition) is 5. The molecule has 15 nitrogen and oxygen atoms in total. The van der Waals surface area contributed by atoms with Gasteiger partial charge < -0.3 is 35.3 Å². The van der Waals surface area contributed by atoms with E-state index in [9.17, 15) is 24.0 Å². The molecule has 0 radical (unpaired) electrons. The molecule has 3 amide bonds. The molecule has 16 heteroatoms. The van der Waals surface area contributed by atoms with Crippen LogP contribution in [-0.4, -0.2) is 73.8 Å². The summed E-state index contributed by atoms with van der Waals surface area (Å²) in [6.07, 6.45) is 3.81. The predicted octanol–water partition coefficient (Wildman–Crippen LogP) is 6.10. The van der Waals surface area contributed by atoms with Crippen molar-refractivity contribution in [1.82, 2.24) is 15.6 Å². The summed E-state index contributed by atoms with van der Waals surface area (Å²) >= 11 is 0. The van der Waals surface area contributed by atoms with E-state index in [1.807, 2.05) is 0 Å². The molecule has 1 aliphatic rings. The van der Waals surface area contributed by atoms with Gasteiger partial charge in [-0.2, -0.15) is 0 Å². The molecule has 1 heterocycles. The number of unbranched alkanes of at least 4 members (excludes halogenated alkanes) is 2. The number of amidine groups is 1. The number of anilines is 1. The summed E-state index contributed by atoms with van der Waals surface area (Å²) < 4.78 is 21.4. The summed E-state index contributed by atoms with van der Waals surface area (Å²) in [4.78, 5) is 69.5. The van der Waals surface area contributed by atoms with E-state index in [-0.39, 0.29) is 52.9 Å². The fourth-order valence-corrected chi connectivity index (χ4v) is 5.20. The highest BCUT2D eigenvalue weighted by Crippen LogP contribution is 2.35. The Morgan fingerprint density at radius 2 is 1.68 bits per heavy atom. The molecule has 1 aliphatic carbocycles. The van der Waals surface area contributed by atoms with Crippen LogP contribution in [0.1, 0.15) is 95.3 Å². The first kappa shape index (κ1) is 44.6. The molecule has 0 aliphatic heterocycles. The maximum absolute atomic E-state index is 14.0. The van der Waals surface area contributed by atoms with Crippen LogP contribution in [0.4, 0.5) is 10.5 Å². The number of aromatic nitrogens is 1. The van der Waals surface area contributed by atoms with Crippen LogP contribution in [0.15, 0.2) is 55.1 Å². The third-order valence-corrected chi connectivity index (χ3v) is 8.46. The van der Waals surface area contributed by atoms with E-state index in [1.54, 1.807) is 44.2 Å². The van der Waals surface area contributed by atoms with Gasteiger partial charge in [0.15, 0.2) is 5.69 Å². The lowest BCUT2D eigenvalue weighted by molar-refractivity contribution is -0.169. The molecule has 300 valence electrons. The minimum Gasteiger partial charge on any atom is -0.496 e. The molecule has 56 heavy (non-hydrogen) atoms. The number of methoxy groups -OCH3 is 1. The summed E-state index contributed by atoms with van der Waals surface area (Å²) in [5, 5.41) is 16.3. The summed E-state index contributed by atoms with van der Waals surface area (Å²) in [5.41, 5.74) is 6.73. The van der Waals surface area contributed by atoms with Crippen molar-refractivity contribution in [2.75, 3.05) is 32.1 Å². The average Bonchev–Trinajstić information content (AvgIpc) is 4.01. The van der Waals surface area contributed by atoms with E-state index in [0.717, 1.165) is 25.7 Å². The van der Waals surface area contributed by atoms with Crippen LogP contribution in [0.3, 0.4) is 0 Å². The van der Waals surface area contributed by atoms with E-state index < -0.39 is 42.1 Å². The van der Waals surface area contributed by atoms with Crippen molar-refractivity contribution in [2.24, 2.45) is 17.6 Å². The number of pyridine rings is 1. The predicted molar refractivity (Wildman–Crippen MR) is 213 cm³/mol. The fraction of sp³-hybridized carbons (Fsp3) is 0.375. The van der Waals surface area contributed by atoms with E-state index in [0.29, 0.717) is 48.0 Å². The lowest BCUT2D eigenvalue weighted by Gasteiger charge is -2.19. The van der Waals surface area contributed by atoms with Crippen LogP contribution in [0.5, 0.6) is 5.75 Å². The van der Waals surface area contributed by atoms with Crippen LogP contribution >= 0.6 is 12.4 Å². The number of nitrogens with zero attached hydrogens (tertiary/aromatic N) is 1. The largest absolute Gasteiger partial charge is 0.496 e. The maximum Gasteiger partial charge on any atom is 0.412 e. The molecule has 6 N–H and O–H groups in total. The summed E-state index contributed by atoms with van der Waals surface area (Å²) in [5.74, 6) is -2.62. The zero-order chi connectivity index (χ0) is 40.1. The SMILES string of the molecule is C=Cc1cc(C(=O)Nc2ccc(C(=N)NC(=O)OCCCCCN)cc2)c(-c2ccc(C(=O)NCC3CC3)nc2C(=O)OC(C)OC(=O)C(C)C)cc1OC.Cl. The van der Waals surface area contributed by atoms with Crippen molar-refractivity contribution in [1.29, 1.82) is 5.41 Å². The number of benzene rings is 2. The Morgan fingerprint density at radius 1 is 0.964 bits per heavy atom. The number of nitrogens with two attached hydrogens (primary N) is 1. The topological polar surface area (TPSA) is 221 Å². The van der Waals surface area contributed by atoms with Gasteiger partial charge in [-0.25, -0.2) is 14.6 Å². The first-order chi connectivity index (χ1) is 26.3. The van der Waals surface area contributed by atoms with Gasteiger partial charge >= 0.3 is 18.0 Å². The number of rotatable bonds is 18. The Balaban J connectivity index is 0.00000841. The second kappa shape index (κ2) is 21.3. The van der Waals surface area contributed by atoms with Crippen molar-refractivity contribution in [3.05, 3.63) is 83.2 Å². The molecule has 2 aromatic carbocycles. The number of esters is 2. The zero-order valence-electron chi connectivity index (χ0n) is 31.9. The van der Waals surface area contributed by atoms with Crippen LogP contribution in [-0.2, 0) is 19.0 Å². The fourth-order valence-electron chi connectivity index (χ4n) is 5.20. The number of hydrogen-bond acceptors (Lipinski definition) is 12. The molecular formula is C40H49ClN6O9. The third-order valence-electron chi connectivity index (χ3n) is 8.46. The van der Waals surface area contributed by atoms with Crippen molar-refractivity contribution >= 4 is 59.9 Å². The third kappa shape index (κ3) is 12.6. The van der Waals surface area contributed by atoms with Crippen molar-refractivity contribution in [3.8, 4) is 16.9 Å². The Kier molecular flexibility index (Phi) is 17.0. The number of amides is 3. The first-order valence-corrected chi connectivity index (χ1v) is 18.0. The van der Waals surface area contributed by atoms with Gasteiger partial charge in [-0.1, -0.05) is 26.5 Å². The summed E-state index contributed by atoms with van der Waals surface area (Å²) in [6.45, 7) is 9.72. The van der Waals surface area contributed by atoms with Gasteiger partial charge in [-0.05, 0) is 93.1 Å². The van der Waals surface area contributed by atoms with Crippen molar-refractivity contribution in [3.63, 3.8) is 0 Å². The number of halogens is 1. The van der Waals surface area contributed by atoms with Gasteiger partial charge in [-0.15, -0.1) is 12.4 Å². The lowest BCUT2D eigenvalue weighted by atomic mass is 9.94. The van der Waals surface area contributed by atoms with E-state index in [4.69, 9.17) is 30.1 Å². The van der Waals surface area contributed by atoms with Crippen LogP contribution in [0.2, 0.25) is 0 Å². The number of nitrogens with one attached hydrogen (secondary N) is 4. The van der Waals surface area contributed by atoms with E-state index in [2.05, 4.69) is 27.5 Å². The number of ether oxygens (including phenoxy) is 4. The second-order valence-electron chi connectivity index (χ2n) is 13.2. The molecule has 1 aromatic heterocycles. The van der Waals surface area contributed by atoms with Crippen LogP contribution in [0, 0.1) is 17.2 Å². The minimum atomic E-state index is -1.29. The van der Waals surface area contributed by atoms with Gasteiger partial charge in [0.1, 0.15) is 17.3 Å². The Hall–Kier alpha value is -5.80. The minimum absolute atomic E-state index is 0. The van der Waals surface area contributed by atoms with Gasteiger partial charge in [-0.3, -0.25) is 25.1 Å². The normalized spacial score (nSPS) is 12.3. The van der Waals surface area contributed by atoms with Crippen molar-refractivity contribution < 1.29 is 42.9 Å². The van der Waals surface area contributed by atoms with Crippen LogP contribution in [0.25, 0.3) is 17.2 Å². The molecule has 0 spiro atoms. The molecule has 4 rings (SSSR count). The average molecular weight is 793 g/mol. The molecule has 0 saturated heterocycles. The number of alkyl carbamates (subject to hydrolysis) is 1. The van der Waals surface area contributed by atoms with Crippen LogP contribution < -0.4 is 26.4 Å². The molecule has 0 bridgehead atoms. The molecular weight excluding hydrogens is 744 g/mol. The standard InChI is InChI=1S/C40H48N6O9.ClH/c1-6-26-20-31(36(47)44-28-14-12-27(13-15-28)35(42)46-40(51)53-19-9-7-8-18-41)30(21-33(26)52-5)29-16-17-32(37(48)43-22-25-10-11-25)45-34(29)39(50)55-24(4)54-38(49)23(2)3;/h6,12-17,20-21,23-25H,1,7-11,18-19,22,41H2,2-5H3,(H,43,48)(H,44,47)(H2,42,46,51);1H. The molecule has 1 unspecified atom stereocenters. The summed E-state index contributed by atoms with van der Waals surface area (Å²) in [6, 6.07) is 12.2. The zero-order valence-corrected chi connectivity index (χ0v) is 32.7. The smallest absolute Gasteiger partial charge is 0.412 e. The van der Waals surface area contributed by atoms with Crippen molar-refractivity contribution in [2.45, 2.75) is 59.2 Å². The highest BCUT2D eigenvalue weighted by atomic mass is 35.5. The molecule has 1 saturated carbocycles. The molecule has 1 fully saturated rings. The van der Waals surface area contributed by atoms with Gasteiger partial charge in [0, 0.05) is 47.0 Å². The Bertz CT molecular complexity index is 1910. The number of carbonyl (C=O) groups is 5. The molecule has 1 atom stereocenters. The monoisotopic (exact) mass is 792 g/mol. The maximum atomic E-state index is 14.0. The molecule has 3 aromatic rings. The van der Waals surface area contributed by atoms with E-state index in [1.165, 1.54) is 38.3 Å². The Labute approximate surface area is 332 Å².